The van der Waals surface area contributed by atoms with Gasteiger partial charge in [0, 0.05) is 32.3 Å². The average molecular weight is 640 g/mol. The molecule has 34 heavy (non-hydrogen) atoms. The van der Waals surface area contributed by atoms with Gasteiger partial charge >= 0.3 is 0 Å². The molecule has 2 rings (SSSR count). The van der Waals surface area contributed by atoms with Crippen LogP contribution in [-0.4, -0.2) is 50.5 Å². The van der Waals surface area contributed by atoms with Crippen molar-refractivity contribution in [2.75, 3.05) is 23.7 Å². The minimum absolute atomic E-state index is 0.0516. The first kappa shape index (κ1) is 28.7. The van der Waals surface area contributed by atoms with Gasteiger partial charge in [0.2, 0.25) is 21.8 Å². The van der Waals surface area contributed by atoms with Crippen LogP contribution in [0, 0.1) is 3.57 Å². The summed E-state index contributed by atoms with van der Waals surface area (Å²) in [4.78, 5) is 27.6. The highest BCUT2D eigenvalue weighted by Gasteiger charge is 2.30. The van der Waals surface area contributed by atoms with Crippen LogP contribution in [0.1, 0.15) is 32.3 Å². The maximum Gasteiger partial charge on any atom is 0.244 e. The van der Waals surface area contributed by atoms with Gasteiger partial charge in [0.05, 0.1) is 11.9 Å². The molecular formula is C23H28Cl2IN3O4S. The van der Waals surface area contributed by atoms with Gasteiger partial charge in [-0.3, -0.25) is 13.9 Å². The number of hydrogen-bond donors (Lipinski definition) is 1. The van der Waals surface area contributed by atoms with E-state index >= 15 is 0 Å². The first-order chi connectivity index (χ1) is 16.0. The first-order valence-corrected chi connectivity index (χ1v) is 14.4. The van der Waals surface area contributed by atoms with E-state index in [1.54, 1.807) is 49.4 Å². The molecule has 0 heterocycles. The summed E-state index contributed by atoms with van der Waals surface area (Å²) < 4.78 is 27.0. The highest BCUT2D eigenvalue weighted by Crippen LogP contribution is 2.27. The molecule has 0 aliphatic rings. The fourth-order valence-electron chi connectivity index (χ4n) is 3.19. The summed E-state index contributed by atoms with van der Waals surface area (Å²) in [6, 6.07) is 10.9. The molecule has 0 saturated carbocycles. The van der Waals surface area contributed by atoms with Crippen LogP contribution >= 0.6 is 45.8 Å². The molecule has 0 spiro atoms. The van der Waals surface area contributed by atoms with Crippen molar-refractivity contribution in [1.29, 1.82) is 0 Å². The molecule has 2 aromatic carbocycles. The van der Waals surface area contributed by atoms with E-state index in [0.717, 1.165) is 27.0 Å². The van der Waals surface area contributed by atoms with Gasteiger partial charge in [0.1, 0.15) is 12.6 Å². The number of halogens is 3. The summed E-state index contributed by atoms with van der Waals surface area (Å²) in [6.07, 6.45) is 2.75. The smallest absolute Gasteiger partial charge is 0.244 e. The highest BCUT2D eigenvalue weighted by molar-refractivity contribution is 14.1. The third-order valence-electron chi connectivity index (χ3n) is 5.18. The number of sulfonamides is 1. The first-order valence-electron chi connectivity index (χ1n) is 10.7. The Morgan fingerprint density at radius 3 is 2.21 bits per heavy atom. The topological polar surface area (TPSA) is 86.8 Å². The fraction of sp³-hybridized carbons (Fsp3) is 0.391. The van der Waals surface area contributed by atoms with Gasteiger partial charge in [-0.1, -0.05) is 42.6 Å². The minimum atomic E-state index is -3.78. The van der Waals surface area contributed by atoms with Crippen molar-refractivity contribution in [3.63, 3.8) is 0 Å². The number of unbranched alkanes of at least 4 members (excludes halogenated alkanes) is 1. The van der Waals surface area contributed by atoms with Crippen molar-refractivity contribution in [1.82, 2.24) is 10.2 Å². The van der Waals surface area contributed by atoms with E-state index in [4.69, 9.17) is 23.2 Å². The molecule has 0 aliphatic heterocycles. The molecule has 0 saturated heterocycles. The maximum atomic E-state index is 13.5. The lowest BCUT2D eigenvalue weighted by Crippen LogP contribution is -2.51. The van der Waals surface area contributed by atoms with Crippen molar-refractivity contribution >= 4 is 73.3 Å². The van der Waals surface area contributed by atoms with Crippen molar-refractivity contribution < 1.29 is 18.0 Å². The summed E-state index contributed by atoms with van der Waals surface area (Å²) in [5.41, 5.74) is 0.833. The summed E-state index contributed by atoms with van der Waals surface area (Å²) in [5.74, 6) is -0.900. The normalized spacial score (nSPS) is 12.2. The van der Waals surface area contributed by atoms with Crippen molar-refractivity contribution in [3.8, 4) is 0 Å². The van der Waals surface area contributed by atoms with Gasteiger partial charge in [0.15, 0.2) is 0 Å². The van der Waals surface area contributed by atoms with Crippen LogP contribution in [-0.2, 0) is 26.2 Å². The molecule has 11 heteroatoms. The third-order valence-corrected chi connectivity index (χ3v) is 7.75. The Balaban J connectivity index is 2.39. The van der Waals surface area contributed by atoms with Crippen LogP contribution in [0.4, 0.5) is 5.69 Å². The van der Waals surface area contributed by atoms with Crippen LogP contribution < -0.4 is 9.62 Å². The zero-order valence-electron chi connectivity index (χ0n) is 19.2. The number of anilines is 1. The number of nitrogens with zero attached hydrogens (tertiary/aromatic N) is 2. The molecule has 1 atom stereocenters. The highest BCUT2D eigenvalue weighted by atomic mass is 127. The number of amides is 2. The molecule has 0 unspecified atom stereocenters. The molecule has 0 radical (unpaired) electrons. The Morgan fingerprint density at radius 2 is 1.68 bits per heavy atom. The fourth-order valence-corrected chi connectivity index (χ4v) is 4.92. The van der Waals surface area contributed by atoms with Crippen LogP contribution in [0.25, 0.3) is 0 Å². The lowest BCUT2D eigenvalue weighted by atomic mass is 10.1. The number of rotatable bonds is 11. The lowest BCUT2D eigenvalue weighted by Gasteiger charge is -2.32. The number of nitrogens with one attached hydrogen (secondary N) is 1. The summed E-state index contributed by atoms with van der Waals surface area (Å²) in [7, 11) is -3.78. The Morgan fingerprint density at radius 1 is 1.09 bits per heavy atom. The quantitative estimate of drug-likeness (QED) is 0.285. The molecular weight excluding hydrogens is 612 g/mol. The molecule has 2 amide bonds. The second kappa shape index (κ2) is 12.9. The molecule has 7 nitrogen and oxygen atoms in total. The van der Waals surface area contributed by atoms with Crippen molar-refractivity contribution in [3.05, 3.63) is 61.6 Å². The molecule has 186 valence electrons. The van der Waals surface area contributed by atoms with E-state index in [2.05, 4.69) is 27.9 Å². The van der Waals surface area contributed by atoms with E-state index in [0.29, 0.717) is 27.8 Å². The van der Waals surface area contributed by atoms with Gasteiger partial charge in [-0.2, -0.15) is 0 Å². The van der Waals surface area contributed by atoms with Crippen molar-refractivity contribution in [2.45, 2.75) is 39.3 Å². The largest absolute Gasteiger partial charge is 0.354 e. The number of carbonyl (C=O) groups is 2. The summed E-state index contributed by atoms with van der Waals surface area (Å²) in [6.45, 7) is 3.56. The molecule has 1 N–H and O–H groups in total. The van der Waals surface area contributed by atoms with Crippen LogP contribution in [0.5, 0.6) is 0 Å². The number of hydrogen-bond acceptors (Lipinski definition) is 4. The van der Waals surface area contributed by atoms with Crippen LogP contribution in [0.3, 0.4) is 0 Å². The molecule has 0 bridgehead atoms. The Labute approximate surface area is 225 Å². The molecule has 2 aromatic rings. The van der Waals surface area contributed by atoms with Gasteiger partial charge in [0.25, 0.3) is 0 Å². The maximum absolute atomic E-state index is 13.5. The number of benzene rings is 2. The average Bonchev–Trinajstić information content (AvgIpc) is 2.77. The van der Waals surface area contributed by atoms with E-state index < -0.39 is 28.5 Å². The number of carbonyl (C=O) groups excluding carboxylic acids is 2. The standard InChI is InChI=1S/C23H28Cl2IN3O4S/c1-4-5-13-27-23(31)16(2)28(14-19-20(24)7-6-8-21(19)25)22(30)15-29(34(3,32)33)18-11-9-17(26)10-12-18/h6-12,16H,4-5,13-15H2,1-3H3,(H,27,31)/t16-/m1/s1. The van der Waals surface area contributed by atoms with E-state index in [1.165, 1.54) is 4.90 Å². The van der Waals surface area contributed by atoms with Crippen LogP contribution in [0.2, 0.25) is 10.0 Å². The molecule has 0 aliphatic carbocycles. The zero-order valence-corrected chi connectivity index (χ0v) is 23.7. The Hall–Kier alpha value is -1.56. The predicted octanol–water partition coefficient (Wildman–Crippen LogP) is 4.70. The van der Waals surface area contributed by atoms with Gasteiger partial charge in [-0.05, 0) is 72.3 Å². The third kappa shape index (κ3) is 8.00. The van der Waals surface area contributed by atoms with Gasteiger partial charge in [-0.25, -0.2) is 8.42 Å². The minimum Gasteiger partial charge on any atom is -0.354 e. The summed E-state index contributed by atoms with van der Waals surface area (Å²) in [5, 5.41) is 3.52. The predicted molar refractivity (Wildman–Crippen MR) is 146 cm³/mol. The Kier molecular flexibility index (Phi) is 10.9. The van der Waals surface area contributed by atoms with Crippen molar-refractivity contribution in [2.24, 2.45) is 0 Å². The second-order valence-electron chi connectivity index (χ2n) is 7.79. The Bertz CT molecular complexity index is 1090. The van der Waals surface area contributed by atoms with Gasteiger partial charge < -0.3 is 10.2 Å². The van der Waals surface area contributed by atoms with E-state index in [-0.39, 0.29) is 12.5 Å². The van der Waals surface area contributed by atoms with E-state index in [9.17, 15) is 18.0 Å². The molecule has 0 fully saturated rings. The SMILES string of the molecule is CCCCNC(=O)[C@@H](C)N(Cc1c(Cl)cccc1Cl)C(=O)CN(c1ccc(I)cc1)S(C)(=O)=O. The monoisotopic (exact) mass is 639 g/mol. The van der Waals surface area contributed by atoms with Crippen LogP contribution in [0.15, 0.2) is 42.5 Å². The lowest BCUT2D eigenvalue weighted by molar-refractivity contribution is -0.139. The second-order valence-corrected chi connectivity index (χ2v) is 11.8. The molecule has 0 aromatic heterocycles. The van der Waals surface area contributed by atoms with Gasteiger partial charge in [-0.15, -0.1) is 0 Å². The summed E-state index contributed by atoms with van der Waals surface area (Å²) >= 11 is 14.8. The zero-order chi connectivity index (χ0) is 25.5. The van der Waals surface area contributed by atoms with E-state index in [1.807, 2.05) is 6.92 Å².